The quantitative estimate of drug-likeness (QED) is 0.587. The molecule has 1 amide bonds. The van der Waals surface area contributed by atoms with Crippen molar-refractivity contribution < 1.29 is 14.3 Å². The number of hydrogen-bond acceptors (Lipinski definition) is 6. The molecule has 1 unspecified atom stereocenters. The van der Waals surface area contributed by atoms with Crippen molar-refractivity contribution in [1.29, 1.82) is 0 Å². The van der Waals surface area contributed by atoms with Gasteiger partial charge in [0.05, 0.1) is 25.5 Å². The predicted molar refractivity (Wildman–Crippen MR) is 123 cm³/mol. The number of amides is 1. The molecule has 4 rings (SSSR count). The fraction of sp³-hybridized carbons (Fsp3) is 0.333. The number of methoxy groups -OCH3 is 1. The molecule has 0 aliphatic carbocycles. The molecule has 1 aliphatic rings. The van der Waals surface area contributed by atoms with E-state index in [1.165, 1.54) is 11.3 Å². The number of hydrogen-bond donors (Lipinski definition) is 1. The molecule has 1 aliphatic heterocycles. The Labute approximate surface area is 186 Å². The van der Waals surface area contributed by atoms with E-state index in [-0.39, 0.29) is 11.9 Å². The zero-order valence-corrected chi connectivity index (χ0v) is 18.9. The van der Waals surface area contributed by atoms with Crippen molar-refractivity contribution in [3.63, 3.8) is 0 Å². The highest BCUT2D eigenvalue weighted by molar-refractivity contribution is 7.17. The molecule has 3 aromatic rings. The van der Waals surface area contributed by atoms with Gasteiger partial charge in [-0.2, -0.15) is 0 Å². The number of ether oxygens (including phenoxy) is 2. The standard InChI is InChI=1S/C24H27N3O3S/c1-4-30-21-15-18(12-13-20(21)29-3)19-11-8-14-27(26-19)24(28)22-16(2)25-23(31-22)17-9-6-5-7-10-17/h5-7,9-10,12-13,15,19,26H,4,8,11,14H2,1-3H3. The van der Waals surface area contributed by atoms with Crippen LogP contribution < -0.4 is 14.9 Å². The van der Waals surface area contributed by atoms with E-state index in [9.17, 15) is 4.79 Å². The number of nitrogens with one attached hydrogen (secondary N) is 1. The minimum atomic E-state index is -0.0274. The number of carbonyl (C=O) groups is 1. The smallest absolute Gasteiger partial charge is 0.279 e. The van der Waals surface area contributed by atoms with Gasteiger partial charge in [0.2, 0.25) is 0 Å². The van der Waals surface area contributed by atoms with Gasteiger partial charge >= 0.3 is 0 Å². The third-order valence-corrected chi connectivity index (χ3v) is 6.53. The van der Waals surface area contributed by atoms with Crippen LogP contribution in [-0.4, -0.2) is 36.2 Å². The average molecular weight is 438 g/mol. The van der Waals surface area contributed by atoms with Crippen LogP contribution in [0.25, 0.3) is 10.6 Å². The first-order chi connectivity index (χ1) is 15.1. The Bertz CT molecular complexity index is 1050. The van der Waals surface area contributed by atoms with E-state index in [1.54, 1.807) is 12.1 Å². The van der Waals surface area contributed by atoms with E-state index in [0.717, 1.165) is 40.4 Å². The van der Waals surface area contributed by atoms with Crippen molar-refractivity contribution in [1.82, 2.24) is 15.4 Å². The highest BCUT2D eigenvalue weighted by Gasteiger charge is 2.28. The second-order valence-corrected chi connectivity index (χ2v) is 8.42. The molecule has 0 bridgehead atoms. The summed E-state index contributed by atoms with van der Waals surface area (Å²) in [6.07, 6.45) is 1.86. The fourth-order valence-corrected chi connectivity index (χ4v) is 4.79. The number of rotatable bonds is 6. The Kier molecular flexibility index (Phi) is 6.53. The summed E-state index contributed by atoms with van der Waals surface area (Å²) in [5, 5.41) is 2.60. The van der Waals surface area contributed by atoms with E-state index in [0.29, 0.717) is 23.8 Å². The molecule has 2 heterocycles. The number of hydrazine groups is 1. The number of carbonyl (C=O) groups excluding carboxylic acids is 1. The van der Waals surface area contributed by atoms with Gasteiger partial charge in [0.1, 0.15) is 9.88 Å². The lowest BCUT2D eigenvalue weighted by Crippen LogP contribution is -2.48. The monoisotopic (exact) mass is 437 g/mol. The van der Waals surface area contributed by atoms with E-state index in [1.807, 2.05) is 62.4 Å². The summed E-state index contributed by atoms with van der Waals surface area (Å²) in [6.45, 7) is 5.08. The summed E-state index contributed by atoms with van der Waals surface area (Å²) in [4.78, 5) is 18.6. The normalized spacial score (nSPS) is 16.2. The van der Waals surface area contributed by atoms with Gasteiger partial charge in [0.15, 0.2) is 11.5 Å². The maximum Gasteiger partial charge on any atom is 0.279 e. The molecule has 7 heteroatoms. The molecule has 0 spiro atoms. The van der Waals surface area contributed by atoms with E-state index in [4.69, 9.17) is 9.47 Å². The van der Waals surface area contributed by atoms with Crippen molar-refractivity contribution in [3.05, 3.63) is 64.7 Å². The third kappa shape index (κ3) is 4.57. The first-order valence-corrected chi connectivity index (χ1v) is 11.3. The zero-order valence-electron chi connectivity index (χ0n) is 18.1. The number of nitrogens with zero attached hydrogens (tertiary/aromatic N) is 2. The highest BCUT2D eigenvalue weighted by atomic mass is 32.1. The maximum absolute atomic E-state index is 13.3. The molecule has 31 heavy (non-hydrogen) atoms. The Balaban J connectivity index is 1.53. The van der Waals surface area contributed by atoms with Crippen LogP contribution in [0, 0.1) is 6.92 Å². The number of aromatic nitrogens is 1. The average Bonchev–Trinajstić information content (AvgIpc) is 3.21. The first-order valence-electron chi connectivity index (χ1n) is 10.5. The summed E-state index contributed by atoms with van der Waals surface area (Å²) < 4.78 is 11.1. The van der Waals surface area contributed by atoms with Crippen LogP contribution >= 0.6 is 11.3 Å². The topological polar surface area (TPSA) is 63.7 Å². The van der Waals surface area contributed by atoms with Crippen LogP contribution in [0.2, 0.25) is 0 Å². The van der Waals surface area contributed by atoms with Gasteiger partial charge < -0.3 is 9.47 Å². The van der Waals surface area contributed by atoms with Crippen molar-refractivity contribution in [3.8, 4) is 22.1 Å². The van der Waals surface area contributed by atoms with Gasteiger partial charge in [-0.15, -0.1) is 11.3 Å². The Morgan fingerprint density at radius 3 is 2.77 bits per heavy atom. The second kappa shape index (κ2) is 9.49. The number of benzene rings is 2. The van der Waals surface area contributed by atoms with Crippen molar-refractivity contribution >= 4 is 17.2 Å². The minimum absolute atomic E-state index is 0.0274. The summed E-state index contributed by atoms with van der Waals surface area (Å²) in [5.41, 5.74) is 6.29. The lowest BCUT2D eigenvalue weighted by atomic mass is 10.00. The molecular weight excluding hydrogens is 410 g/mol. The molecule has 2 aromatic carbocycles. The molecule has 162 valence electrons. The third-order valence-electron chi connectivity index (χ3n) is 5.33. The van der Waals surface area contributed by atoms with Crippen LogP contribution in [0.5, 0.6) is 11.5 Å². The zero-order chi connectivity index (χ0) is 21.8. The van der Waals surface area contributed by atoms with E-state index < -0.39 is 0 Å². The molecule has 1 saturated heterocycles. The maximum atomic E-state index is 13.3. The Morgan fingerprint density at radius 2 is 2.03 bits per heavy atom. The summed E-state index contributed by atoms with van der Waals surface area (Å²) in [7, 11) is 1.64. The van der Waals surface area contributed by atoms with Crippen LogP contribution in [-0.2, 0) is 0 Å². The Hall–Kier alpha value is -2.90. The lowest BCUT2D eigenvalue weighted by Gasteiger charge is -2.34. The molecule has 1 N–H and O–H groups in total. The molecule has 0 saturated carbocycles. The first kappa shape index (κ1) is 21.3. The van der Waals surface area contributed by atoms with Crippen molar-refractivity contribution in [2.45, 2.75) is 32.7 Å². The van der Waals surface area contributed by atoms with Gasteiger partial charge in [-0.3, -0.25) is 9.80 Å². The van der Waals surface area contributed by atoms with Crippen LogP contribution in [0.4, 0.5) is 0 Å². The second-order valence-electron chi connectivity index (χ2n) is 7.42. The van der Waals surface area contributed by atoms with Gasteiger partial charge in [-0.05, 0) is 44.4 Å². The summed E-state index contributed by atoms with van der Waals surface area (Å²) in [6, 6.07) is 15.9. The highest BCUT2D eigenvalue weighted by Crippen LogP contribution is 2.34. The SMILES string of the molecule is CCOc1cc(C2CCCN(C(=O)c3sc(-c4ccccc4)nc3C)N2)ccc1OC. The number of aryl methyl sites for hydroxylation is 1. The van der Waals surface area contributed by atoms with E-state index in [2.05, 4.69) is 10.4 Å². The van der Waals surface area contributed by atoms with Gasteiger partial charge in [0.25, 0.3) is 5.91 Å². The number of thiazole rings is 1. The van der Waals surface area contributed by atoms with Gasteiger partial charge in [-0.25, -0.2) is 10.4 Å². The molecule has 1 fully saturated rings. The van der Waals surface area contributed by atoms with E-state index >= 15 is 0 Å². The summed E-state index contributed by atoms with van der Waals surface area (Å²) in [5.74, 6) is 1.40. The van der Waals surface area contributed by atoms with Crippen molar-refractivity contribution in [2.24, 2.45) is 0 Å². The molecule has 6 nitrogen and oxygen atoms in total. The molecule has 1 atom stereocenters. The minimum Gasteiger partial charge on any atom is -0.493 e. The molecule has 0 radical (unpaired) electrons. The lowest BCUT2D eigenvalue weighted by molar-refractivity contribution is 0.0537. The largest absolute Gasteiger partial charge is 0.493 e. The van der Waals surface area contributed by atoms with Crippen LogP contribution in [0.3, 0.4) is 0 Å². The van der Waals surface area contributed by atoms with Crippen LogP contribution in [0.1, 0.15) is 46.7 Å². The Morgan fingerprint density at radius 1 is 1.23 bits per heavy atom. The molecular formula is C24H27N3O3S. The molecule has 1 aromatic heterocycles. The van der Waals surface area contributed by atoms with Crippen LogP contribution in [0.15, 0.2) is 48.5 Å². The van der Waals surface area contributed by atoms with Gasteiger partial charge in [0, 0.05) is 12.1 Å². The summed E-state index contributed by atoms with van der Waals surface area (Å²) >= 11 is 1.45. The van der Waals surface area contributed by atoms with Crippen molar-refractivity contribution in [2.75, 3.05) is 20.3 Å². The van der Waals surface area contributed by atoms with Gasteiger partial charge in [-0.1, -0.05) is 36.4 Å². The predicted octanol–water partition coefficient (Wildman–Crippen LogP) is 5.01. The fourth-order valence-electron chi connectivity index (χ4n) is 3.77.